The Bertz CT molecular complexity index is 810. The molecule has 1 amide bonds. The van der Waals surface area contributed by atoms with Gasteiger partial charge in [0, 0.05) is 0 Å². The predicted molar refractivity (Wildman–Crippen MR) is 87.0 cm³/mol. The Morgan fingerprint density at radius 3 is 2.69 bits per heavy atom. The van der Waals surface area contributed by atoms with E-state index in [2.05, 4.69) is 15.7 Å². The van der Waals surface area contributed by atoms with Gasteiger partial charge in [-0.1, -0.05) is 18.2 Å². The smallest absolute Gasteiger partial charge is 0.433 e. The standard InChI is InChI=1S/C15H15F3N6O2/c16-15(17,18)12-5-2-6-13(22-12)23-14(25)26-8-10-3-1-4-11(7-10)24(20)9-21-19/h1-7,9H,8,19-20H2,(H,22,23,25)/p+1. The normalized spacial score (nSPS) is 11.8. The van der Waals surface area contributed by atoms with Crippen molar-refractivity contribution in [2.24, 2.45) is 11.7 Å². The van der Waals surface area contributed by atoms with Gasteiger partial charge < -0.3 is 4.74 Å². The Morgan fingerprint density at radius 2 is 2.00 bits per heavy atom. The van der Waals surface area contributed by atoms with E-state index in [0.717, 1.165) is 12.1 Å². The number of hydrogen-bond acceptors (Lipinski definition) is 5. The van der Waals surface area contributed by atoms with E-state index in [1.807, 2.05) is 0 Å². The summed E-state index contributed by atoms with van der Waals surface area (Å²) in [6.07, 6.45) is -4.24. The summed E-state index contributed by atoms with van der Waals surface area (Å²) in [5, 5.41) is 2.14. The SMILES string of the molecule is NN/C=[N+](\N)c1cccc(COC(=O)Nc2cccc(C(F)(F)F)n2)c1. The molecule has 0 radical (unpaired) electrons. The van der Waals surface area contributed by atoms with Crippen molar-refractivity contribution in [2.75, 3.05) is 5.32 Å². The number of nitrogens with two attached hydrogens (primary N) is 2. The number of alkyl halides is 3. The van der Waals surface area contributed by atoms with Crippen LogP contribution in [-0.2, 0) is 17.5 Å². The summed E-state index contributed by atoms with van der Waals surface area (Å²) in [5.41, 5.74) is 2.34. The summed E-state index contributed by atoms with van der Waals surface area (Å²) in [6, 6.07) is 9.86. The number of anilines is 1. The van der Waals surface area contributed by atoms with E-state index >= 15 is 0 Å². The predicted octanol–water partition coefficient (Wildman–Crippen LogP) is 1.86. The summed E-state index contributed by atoms with van der Waals surface area (Å²) in [6.45, 7) is -0.122. The maximum atomic E-state index is 12.6. The van der Waals surface area contributed by atoms with Crippen molar-refractivity contribution < 1.29 is 27.4 Å². The molecule has 0 aliphatic heterocycles. The monoisotopic (exact) mass is 369 g/mol. The van der Waals surface area contributed by atoms with Crippen LogP contribution in [-0.4, -0.2) is 22.1 Å². The number of halogens is 3. The van der Waals surface area contributed by atoms with Gasteiger partial charge in [-0.05, 0) is 29.8 Å². The van der Waals surface area contributed by atoms with Crippen LogP contribution >= 0.6 is 0 Å². The fraction of sp³-hybridized carbons (Fsp3) is 0.133. The first kappa shape index (κ1) is 19.0. The quantitative estimate of drug-likeness (QED) is 0.210. The molecule has 0 unspecified atom stereocenters. The van der Waals surface area contributed by atoms with Crippen molar-refractivity contribution in [3.63, 3.8) is 0 Å². The van der Waals surface area contributed by atoms with E-state index < -0.39 is 18.0 Å². The first-order chi connectivity index (χ1) is 12.3. The Balaban J connectivity index is 1.97. The summed E-state index contributed by atoms with van der Waals surface area (Å²) < 4.78 is 44.0. The average molecular weight is 369 g/mol. The van der Waals surface area contributed by atoms with Crippen LogP contribution in [0.1, 0.15) is 11.3 Å². The number of amides is 1. The summed E-state index contributed by atoms with van der Waals surface area (Å²) in [5.74, 6) is 10.6. The first-order valence-corrected chi connectivity index (χ1v) is 7.20. The highest BCUT2D eigenvalue weighted by Crippen LogP contribution is 2.28. The summed E-state index contributed by atoms with van der Waals surface area (Å²) in [7, 11) is 0. The molecule has 0 atom stereocenters. The fourth-order valence-corrected chi connectivity index (χ4v) is 1.91. The molecule has 0 saturated carbocycles. The fourth-order valence-electron chi connectivity index (χ4n) is 1.91. The summed E-state index contributed by atoms with van der Waals surface area (Å²) in [4.78, 5) is 15.1. The number of hydrogen-bond donors (Lipinski definition) is 4. The molecule has 0 aliphatic rings. The maximum absolute atomic E-state index is 12.6. The Hall–Kier alpha value is -3.34. The highest BCUT2D eigenvalue weighted by Gasteiger charge is 2.32. The van der Waals surface area contributed by atoms with Gasteiger partial charge in [0.1, 0.15) is 18.1 Å². The van der Waals surface area contributed by atoms with Gasteiger partial charge in [0.15, 0.2) is 5.69 Å². The van der Waals surface area contributed by atoms with Crippen molar-refractivity contribution in [1.29, 1.82) is 0 Å². The minimum absolute atomic E-state index is 0.122. The number of rotatable bonds is 5. The third kappa shape index (κ3) is 5.34. The topological polar surface area (TPSA) is 118 Å². The van der Waals surface area contributed by atoms with Gasteiger partial charge in [-0.3, -0.25) is 11.2 Å². The van der Waals surface area contributed by atoms with E-state index in [1.165, 1.54) is 17.1 Å². The van der Waals surface area contributed by atoms with Gasteiger partial charge in [-0.15, -0.1) is 4.68 Å². The molecule has 2 aromatic rings. The van der Waals surface area contributed by atoms with E-state index in [4.69, 9.17) is 16.4 Å². The van der Waals surface area contributed by atoms with Crippen LogP contribution in [0, 0.1) is 0 Å². The van der Waals surface area contributed by atoms with Crippen molar-refractivity contribution in [3.8, 4) is 0 Å². The zero-order chi connectivity index (χ0) is 19.2. The number of pyridine rings is 1. The van der Waals surface area contributed by atoms with Crippen LogP contribution in [0.15, 0.2) is 42.5 Å². The molecular formula is C15H16F3N6O2+. The molecule has 0 bridgehead atoms. The van der Waals surface area contributed by atoms with Gasteiger partial charge in [0.25, 0.3) is 6.34 Å². The number of hydrazine groups is 2. The molecular weight excluding hydrogens is 353 g/mol. The molecule has 1 heterocycles. The number of nitrogens with one attached hydrogen (secondary N) is 2. The second-order valence-corrected chi connectivity index (χ2v) is 4.98. The van der Waals surface area contributed by atoms with Gasteiger partial charge >= 0.3 is 12.3 Å². The molecule has 138 valence electrons. The molecule has 0 spiro atoms. The molecule has 1 aromatic heterocycles. The van der Waals surface area contributed by atoms with E-state index in [1.54, 1.807) is 24.3 Å². The Morgan fingerprint density at radius 1 is 1.27 bits per heavy atom. The number of aromatic nitrogens is 1. The maximum Gasteiger partial charge on any atom is 0.433 e. The lowest BCUT2D eigenvalue weighted by Gasteiger charge is -2.09. The lowest BCUT2D eigenvalue weighted by atomic mass is 10.2. The Labute approximate surface area is 146 Å². The number of ether oxygens (including phenoxy) is 1. The highest BCUT2D eigenvalue weighted by molar-refractivity contribution is 5.83. The van der Waals surface area contributed by atoms with Crippen LogP contribution in [0.4, 0.5) is 29.5 Å². The van der Waals surface area contributed by atoms with Crippen LogP contribution in [0.25, 0.3) is 0 Å². The third-order valence-corrected chi connectivity index (χ3v) is 3.06. The lowest BCUT2D eigenvalue weighted by molar-refractivity contribution is -0.449. The largest absolute Gasteiger partial charge is 0.444 e. The summed E-state index contributed by atoms with van der Waals surface area (Å²) >= 11 is 0. The molecule has 26 heavy (non-hydrogen) atoms. The van der Waals surface area contributed by atoms with E-state index in [0.29, 0.717) is 11.3 Å². The number of benzene rings is 1. The lowest BCUT2D eigenvalue weighted by Crippen LogP contribution is -2.29. The highest BCUT2D eigenvalue weighted by atomic mass is 19.4. The Kier molecular flexibility index (Phi) is 5.96. The van der Waals surface area contributed by atoms with Gasteiger partial charge in [-0.25, -0.2) is 15.2 Å². The molecule has 6 N–H and O–H groups in total. The van der Waals surface area contributed by atoms with Gasteiger partial charge in [0.2, 0.25) is 0 Å². The molecule has 2 rings (SSSR count). The average Bonchev–Trinajstić information content (AvgIpc) is 2.60. The van der Waals surface area contributed by atoms with Crippen LogP contribution in [0.2, 0.25) is 0 Å². The van der Waals surface area contributed by atoms with E-state index in [9.17, 15) is 18.0 Å². The molecule has 11 heteroatoms. The minimum Gasteiger partial charge on any atom is -0.444 e. The zero-order valence-corrected chi connectivity index (χ0v) is 13.3. The molecule has 0 saturated heterocycles. The third-order valence-electron chi connectivity index (χ3n) is 3.06. The second-order valence-electron chi connectivity index (χ2n) is 4.98. The van der Waals surface area contributed by atoms with Crippen molar-refractivity contribution in [3.05, 3.63) is 53.7 Å². The van der Waals surface area contributed by atoms with E-state index in [-0.39, 0.29) is 12.4 Å². The van der Waals surface area contributed by atoms with Crippen LogP contribution in [0.5, 0.6) is 0 Å². The zero-order valence-electron chi connectivity index (χ0n) is 13.3. The molecule has 8 nitrogen and oxygen atoms in total. The van der Waals surface area contributed by atoms with Crippen LogP contribution < -0.4 is 22.4 Å². The number of nitrogens with zero attached hydrogens (tertiary/aromatic N) is 2. The van der Waals surface area contributed by atoms with Gasteiger partial charge in [-0.2, -0.15) is 19.0 Å². The molecule has 0 aliphatic carbocycles. The minimum atomic E-state index is -4.61. The van der Waals surface area contributed by atoms with Crippen molar-refractivity contribution in [2.45, 2.75) is 12.8 Å². The number of carbonyl (C=O) groups is 1. The molecule has 1 aromatic carbocycles. The van der Waals surface area contributed by atoms with Gasteiger partial charge in [0.05, 0.1) is 0 Å². The molecule has 0 fully saturated rings. The first-order valence-electron chi connectivity index (χ1n) is 7.20. The van der Waals surface area contributed by atoms with Crippen LogP contribution in [0.3, 0.4) is 0 Å². The second kappa shape index (κ2) is 8.16. The number of hydrazone groups is 1. The number of carbonyl (C=O) groups excluding carboxylic acids is 1. The van der Waals surface area contributed by atoms with Crippen molar-refractivity contribution >= 4 is 23.9 Å². The van der Waals surface area contributed by atoms with Crippen molar-refractivity contribution in [1.82, 2.24) is 10.4 Å².